The van der Waals surface area contributed by atoms with Crippen LogP contribution in [0, 0.1) is 32.0 Å². The number of carbonyl (C=O) groups is 2. The van der Waals surface area contributed by atoms with Gasteiger partial charge in [0.2, 0.25) is 0 Å². The van der Waals surface area contributed by atoms with E-state index in [-0.39, 0.29) is 17.1 Å². The van der Waals surface area contributed by atoms with Crippen molar-refractivity contribution in [1.82, 2.24) is 9.78 Å². The second kappa shape index (κ2) is 9.74. The Balaban J connectivity index is 1.62. The van der Waals surface area contributed by atoms with Crippen LogP contribution in [-0.2, 0) is 11.8 Å². The van der Waals surface area contributed by atoms with Gasteiger partial charge >= 0.3 is 0 Å². The van der Waals surface area contributed by atoms with Gasteiger partial charge in [-0.2, -0.15) is 5.10 Å². The van der Waals surface area contributed by atoms with Crippen LogP contribution in [0.1, 0.15) is 32.1 Å². The number of hydrogen-bond donors (Lipinski definition) is 4. The van der Waals surface area contributed by atoms with Crippen LogP contribution in [0.5, 0.6) is 0 Å². The monoisotopic (exact) mass is 504 g/mol. The number of carbonyl (C=O) groups excluding carboxylic acids is 2. The molecule has 0 atom stereocenters. The molecule has 2 amide bonds. The number of fused-ring (bicyclic) bond motifs is 1. The van der Waals surface area contributed by atoms with Crippen molar-refractivity contribution in [3.63, 3.8) is 0 Å². The maximum atomic E-state index is 14.8. The summed E-state index contributed by atoms with van der Waals surface area (Å²) in [7, 11) is 1.76. The third-order valence-corrected chi connectivity index (χ3v) is 6.87. The van der Waals surface area contributed by atoms with Gasteiger partial charge in [-0.05, 0) is 67.6 Å². The molecule has 5 N–H and O–H groups in total. The molecule has 4 rings (SSSR count). The van der Waals surface area contributed by atoms with Gasteiger partial charge in [-0.15, -0.1) is 11.3 Å². The predicted molar refractivity (Wildman–Crippen MR) is 141 cm³/mol. The van der Waals surface area contributed by atoms with Gasteiger partial charge in [0.05, 0.1) is 16.3 Å². The van der Waals surface area contributed by atoms with E-state index in [2.05, 4.69) is 15.7 Å². The molecule has 2 aromatic heterocycles. The molecular weight excluding hydrogens is 479 g/mol. The van der Waals surface area contributed by atoms with Gasteiger partial charge in [0.1, 0.15) is 11.5 Å². The average Bonchev–Trinajstić information content (AvgIpc) is 3.37. The second-order valence-electron chi connectivity index (χ2n) is 8.46. The number of nitrogens with one attached hydrogen (secondary N) is 3. The van der Waals surface area contributed by atoms with Crippen molar-refractivity contribution in [2.75, 3.05) is 10.6 Å². The lowest BCUT2D eigenvalue weighted by atomic mass is 10.0. The summed E-state index contributed by atoms with van der Waals surface area (Å²) in [6, 6.07) is 12.0. The number of anilines is 2. The highest BCUT2D eigenvalue weighted by Gasteiger charge is 2.18. The van der Waals surface area contributed by atoms with Crippen molar-refractivity contribution in [3.05, 3.63) is 87.3 Å². The van der Waals surface area contributed by atoms with E-state index in [0.29, 0.717) is 21.8 Å². The van der Waals surface area contributed by atoms with E-state index in [1.54, 1.807) is 30.8 Å². The zero-order chi connectivity index (χ0) is 26.1. The van der Waals surface area contributed by atoms with E-state index in [0.717, 1.165) is 21.3 Å². The molecule has 10 heteroatoms. The lowest BCUT2D eigenvalue weighted by molar-refractivity contribution is -0.114. The van der Waals surface area contributed by atoms with Gasteiger partial charge in [-0.25, -0.2) is 4.39 Å². The topological polar surface area (TPSA) is 126 Å². The highest BCUT2D eigenvalue weighted by Crippen LogP contribution is 2.29. The van der Waals surface area contributed by atoms with E-state index in [1.165, 1.54) is 29.5 Å². The van der Waals surface area contributed by atoms with Crippen LogP contribution in [0.15, 0.2) is 54.2 Å². The molecule has 0 aliphatic heterocycles. The van der Waals surface area contributed by atoms with Crippen molar-refractivity contribution in [2.24, 2.45) is 12.8 Å². The fourth-order valence-electron chi connectivity index (χ4n) is 3.70. The first-order valence-electron chi connectivity index (χ1n) is 11.0. The molecule has 0 fully saturated rings. The summed E-state index contributed by atoms with van der Waals surface area (Å²) in [5.74, 6) is -1.46. The van der Waals surface area contributed by atoms with E-state index in [1.807, 2.05) is 32.0 Å². The Kier molecular flexibility index (Phi) is 6.71. The number of nitrogens with two attached hydrogens (primary N) is 1. The van der Waals surface area contributed by atoms with Crippen molar-refractivity contribution >= 4 is 50.5 Å². The Hall–Kier alpha value is -4.31. The summed E-state index contributed by atoms with van der Waals surface area (Å²) in [5, 5.41) is 19.2. The minimum absolute atomic E-state index is 0.0294. The standard InChI is InChI=1S/C26H25FN6O2S/c1-13-5-6-16-11-22(36-21(16)9-13)26(35)31-24-15(3)17(7-8-18(24)27)19(28)12-20(25(29)34)30-23-10-14(2)33(4)32-23/h5-12,28H,1-4H3,(H2,29,34)(H,30,32)(H,31,35)/b20-12+,28-19?. The molecule has 0 aliphatic rings. The Morgan fingerprint density at radius 1 is 1.11 bits per heavy atom. The molecule has 0 spiro atoms. The van der Waals surface area contributed by atoms with Gasteiger partial charge in [0, 0.05) is 29.1 Å². The van der Waals surface area contributed by atoms with Gasteiger partial charge in [-0.3, -0.25) is 14.3 Å². The molecule has 0 radical (unpaired) electrons. The molecule has 0 unspecified atom stereocenters. The molecule has 0 bridgehead atoms. The Labute approximate surface area is 211 Å². The number of aryl methyl sites for hydroxylation is 3. The van der Waals surface area contributed by atoms with Gasteiger partial charge < -0.3 is 21.8 Å². The molecule has 184 valence electrons. The number of nitrogens with zero attached hydrogens (tertiary/aromatic N) is 2. The lowest BCUT2D eigenvalue weighted by Gasteiger charge is -2.13. The van der Waals surface area contributed by atoms with E-state index >= 15 is 0 Å². The molecule has 0 saturated carbocycles. The summed E-state index contributed by atoms with van der Waals surface area (Å²) in [6.45, 7) is 5.43. The SMILES string of the molecule is Cc1ccc2cc(C(=O)Nc3c(F)ccc(C(=N)/C=C(/Nc4cc(C)n(C)n4)C(N)=O)c3C)sc2c1. The minimum Gasteiger partial charge on any atom is -0.364 e. The second-order valence-corrected chi connectivity index (χ2v) is 9.54. The Morgan fingerprint density at radius 2 is 1.86 bits per heavy atom. The highest BCUT2D eigenvalue weighted by atomic mass is 32.1. The molecular formula is C26H25FN6O2S. The number of benzene rings is 2. The largest absolute Gasteiger partial charge is 0.364 e. The highest BCUT2D eigenvalue weighted by molar-refractivity contribution is 7.20. The van der Waals surface area contributed by atoms with Crippen molar-refractivity contribution < 1.29 is 14.0 Å². The molecule has 2 heterocycles. The average molecular weight is 505 g/mol. The van der Waals surface area contributed by atoms with Gasteiger partial charge in [0.25, 0.3) is 11.8 Å². The Bertz CT molecular complexity index is 1550. The minimum atomic E-state index is -0.781. The van der Waals surface area contributed by atoms with Crippen molar-refractivity contribution in [1.29, 1.82) is 5.41 Å². The number of hydrogen-bond acceptors (Lipinski definition) is 6. The van der Waals surface area contributed by atoms with Crippen LogP contribution in [0.4, 0.5) is 15.9 Å². The van der Waals surface area contributed by atoms with Crippen LogP contribution >= 0.6 is 11.3 Å². The fraction of sp³-hybridized carbons (Fsp3) is 0.154. The van der Waals surface area contributed by atoms with E-state index < -0.39 is 17.6 Å². The summed E-state index contributed by atoms with van der Waals surface area (Å²) in [4.78, 5) is 25.4. The van der Waals surface area contributed by atoms with Gasteiger partial charge in [0.15, 0.2) is 5.82 Å². The normalized spacial score (nSPS) is 11.5. The number of amides is 2. The zero-order valence-electron chi connectivity index (χ0n) is 20.2. The molecule has 0 saturated heterocycles. The maximum absolute atomic E-state index is 14.8. The van der Waals surface area contributed by atoms with Crippen molar-refractivity contribution in [3.8, 4) is 0 Å². The summed E-state index contributed by atoms with van der Waals surface area (Å²) in [6.07, 6.45) is 1.26. The molecule has 4 aromatic rings. The Morgan fingerprint density at radius 3 is 2.53 bits per heavy atom. The van der Waals surface area contributed by atoms with E-state index in [4.69, 9.17) is 11.1 Å². The molecule has 2 aromatic carbocycles. The number of thiophene rings is 1. The quantitative estimate of drug-likeness (QED) is 0.213. The first-order chi connectivity index (χ1) is 17.0. The van der Waals surface area contributed by atoms with Crippen LogP contribution in [-0.4, -0.2) is 27.3 Å². The number of allylic oxidation sites excluding steroid dienone is 1. The van der Waals surface area contributed by atoms with Crippen LogP contribution in [0.3, 0.4) is 0 Å². The third kappa shape index (κ3) is 5.03. The molecule has 36 heavy (non-hydrogen) atoms. The first kappa shape index (κ1) is 24.8. The van der Waals surface area contributed by atoms with Gasteiger partial charge in [-0.1, -0.05) is 12.1 Å². The number of primary amides is 1. The summed E-state index contributed by atoms with van der Waals surface area (Å²) < 4.78 is 17.3. The molecule has 0 aliphatic carbocycles. The van der Waals surface area contributed by atoms with Crippen LogP contribution in [0.25, 0.3) is 10.1 Å². The van der Waals surface area contributed by atoms with E-state index in [9.17, 15) is 14.0 Å². The van der Waals surface area contributed by atoms with Crippen LogP contribution < -0.4 is 16.4 Å². The third-order valence-electron chi connectivity index (χ3n) is 5.77. The first-order valence-corrected chi connectivity index (χ1v) is 11.8. The number of rotatable bonds is 7. The van der Waals surface area contributed by atoms with Crippen LogP contribution in [0.2, 0.25) is 0 Å². The number of aromatic nitrogens is 2. The van der Waals surface area contributed by atoms with Crippen molar-refractivity contribution in [2.45, 2.75) is 20.8 Å². The predicted octanol–water partition coefficient (Wildman–Crippen LogP) is 4.80. The summed E-state index contributed by atoms with van der Waals surface area (Å²) >= 11 is 1.32. The number of halogens is 1. The fourth-order valence-corrected chi connectivity index (χ4v) is 4.76. The molecule has 8 nitrogen and oxygen atoms in total. The summed E-state index contributed by atoms with van der Waals surface area (Å²) in [5.41, 5.74) is 7.96. The smallest absolute Gasteiger partial charge is 0.265 e. The maximum Gasteiger partial charge on any atom is 0.265 e. The lowest BCUT2D eigenvalue weighted by Crippen LogP contribution is -2.21. The zero-order valence-corrected chi connectivity index (χ0v) is 21.0.